The number of hydrogen-bond donors (Lipinski definition) is 1. The molecule has 0 aromatic rings. The Labute approximate surface area is 101 Å². The van der Waals surface area contributed by atoms with E-state index in [1.54, 1.807) is 0 Å². The lowest BCUT2D eigenvalue weighted by Crippen LogP contribution is -2.36. The van der Waals surface area contributed by atoms with Crippen molar-refractivity contribution in [3.8, 4) is 0 Å². The Balaban J connectivity index is 3.94. The van der Waals surface area contributed by atoms with Gasteiger partial charge in [-0.2, -0.15) is 17.6 Å². The molecule has 0 spiro atoms. The van der Waals surface area contributed by atoms with Crippen LogP contribution in [0, 0.1) is 0 Å². The van der Waals surface area contributed by atoms with Crippen LogP contribution in [0.2, 0.25) is 0 Å². The number of esters is 1. The van der Waals surface area contributed by atoms with Crippen molar-refractivity contribution >= 4 is 18.6 Å². The molecular weight excluding hydrogens is 264 g/mol. The van der Waals surface area contributed by atoms with Crippen molar-refractivity contribution < 1.29 is 31.8 Å². The van der Waals surface area contributed by atoms with Gasteiger partial charge in [-0.05, 0) is 0 Å². The van der Waals surface area contributed by atoms with Crippen molar-refractivity contribution in [2.75, 3.05) is 20.3 Å². The minimum atomic E-state index is -4.41. The van der Waals surface area contributed by atoms with Crippen molar-refractivity contribution in [2.24, 2.45) is 0 Å². The molecule has 3 nitrogen and oxygen atoms in total. The predicted octanol–water partition coefficient (Wildman–Crippen LogP) is 2.28. The molecule has 0 heterocycles. The van der Waals surface area contributed by atoms with Crippen LogP contribution in [-0.4, -0.2) is 37.5 Å². The lowest BCUT2D eigenvalue weighted by Gasteiger charge is -2.21. The van der Waals surface area contributed by atoms with Gasteiger partial charge in [-0.15, -0.1) is 0 Å². The number of alkyl halides is 4. The van der Waals surface area contributed by atoms with E-state index in [0.29, 0.717) is 0 Å². The number of thiol groups is 1. The highest BCUT2D eigenvalue weighted by molar-refractivity contribution is 7.81. The molecule has 0 unspecified atom stereocenters. The average molecular weight is 276 g/mol. The third-order valence-corrected chi connectivity index (χ3v) is 2.08. The summed E-state index contributed by atoms with van der Waals surface area (Å²) in [5, 5.41) is -4.41. The fourth-order valence-electron chi connectivity index (χ4n) is 0.749. The zero-order valence-corrected chi connectivity index (χ0v) is 9.91. The number of carbonyl (C=O) groups excluding carboxylic acids is 1. The van der Waals surface area contributed by atoms with E-state index in [-0.39, 0.29) is 12.2 Å². The van der Waals surface area contributed by atoms with Crippen LogP contribution < -0.4 is 0 Å². The molecule has 0 atom stereocenters. The van der Waals surface area contributed by atoms with Crippen molar-refractivity contribution in [1.29, 1.82) is 0 Å². The molecule has 0 amide bonds. The highest BCUT2D eigenvalue weighted by atomic mass is 32.1. The third kappa shape index (κ3) is 5.40. The van der Waals surface area contributed by atoms with E-state index >= 15 is 0 Å². The normalized spacial score (nSPS) is 12.4. The zero-order valence-electron chi connectivity index (χ0n) is 9.01. The molecule has 0 aliphatic carbocycles. The topological polar surface area (TPSA) is 35.5 Å². The SMILES string of the molecule is C=C(COCCC(F)(F)C(F)(F)S)C(=O)OC. The quantitative estimate of drug-likeness (QED) is 0.255. The first-order chi connectivity index (χ1) is 7.62. The van der Waals surface area contributed by atoms with Crippen molar-refractivity contribution in [2.45, 2.75) is 17.6 Å². The first-order valence-corrected chi connectivity index (χ1v) is 4.88. The molecular formula is C9H12F4O3S. The van der Waals surface area contributed by atoms with E-state index in [4.69, 9.17) is 0 Å². The summed E-state index contributed by atoms with van der Waals surface area (Å²) < 4.78 is 58.7. The molecule has 0 rings (SSSR count). The molecule has 100 valence electrons. The fourth-order valence-corrected chi connectivity index (χ4v) is 0.861. The number of carbonyl (C=O) groups is 1. The van der Waals surface area contributed by atoms with Gasteiger partial charge in [-0.25, -0.2) is 4.79 Å². The molecule has 0 aliphatic heterocycles. The number of halogens is 4. The second-order valence-electron chi connectivity index (χ2n) is 3.14. The van der Waals surface area contributed by atoms with Crippen molar-refractivity contribution in [3.63, 3.8) is 0 Å². The number of hydrogen-bond acceptors (Lipinski definition) is 4. The van der Waals surface area contributed by atoms with Crippen LogP contribution in [0.4, 0.5) is 17.6 Å². The van der Waals surface area contributed by atoms with Gasteiger partial charge in [0.1, 0.15) is 0 Å². The van der Waals surface area contributed by atoms with Crippen LogP contribution in [0.3, 0.4) is 0 Å². The second-order valence-corrected chi connectivity index (χ2v) is 3.71. The second kappa shape index (κ2) is 6.25. The first-order valence-electron chi connectivity index (χ1n) is 4.43. The molecule has 0 aliphatic rings. The molecule has 0 N–H and O–H groups in total. The number of ether oxygens (including phenoxy) is 2. The molecule has 0 saturated heterocycles. The number of methoxy groups -OCH3 is 1. The molecule has 0 radical (unpaired) electrons. The van der Waals surface area contributed by atoms with Gasteiger partial charge in [0.05, 0.1) is 25.9 Å². The Morgan fingerprint density at radius 2 is 1.88 bits per heavy atom. The summed E-state index contributed by atoms with van der Waals surface area (Å²) in [6.45, 7) is 2.24. The van der Waals surface area contributed by atoms with Crippen molar-refractivity contribution in [1.82, 2.24) is 0 Å². The van der Waals surface area contributed by atoms with Gasteiger partial charge in [0.2, 0.25) is 0 Å². The lowest BCUT2D eigenvalue weighted by atomic mass is 10.2. The van der Waals surface area contributed by atoms with Crippen molar-refractivity contribution in [3.05, 3.63) is 12.2 Å². The summed E-state index contributed by atoms with van der Waals surface area (Å²) in [7, 11) is 1.11. The molecule has 0 bridgehead atoms. The Morgan fingerprint density at radius 1 is 1.35 bits per heavy atom. The first kappa shape index (κ1) is 16.2. The van der Waals surface area contributed by atoms with Crippen LogP contribution >= 0.6 is 12.6 Å². The summed E-state index contributed by atoms with van der Waals surface area (Å²) in [5.41, 5.74) is -0.0894. The monoisotopic (exact) mass is 276 g/mol. The molecule has 0 aromatic heterocycles. The highest BCUT2D eigenvalue weighted by Crippen LogP contribution is 2.39. The smallest absolute Gasteiger partial charge is 0.353 e. The Bertz CT molecular complexity index is 288. The molecule has 0 saturated carbocycles. The zero-order chi connectivity index (χ0) is 13.7. The maximum Gasteiger partial charge on any atom is 0.353 e. The molecule has 0 aromatic carbocycles. The standard InChI is InChI=1S/C9H12F4O3S/c1-6(7(14)15-2)5-16-4-3-8(10,11)9(12,13)17/h17H,1,3-5H2,2H3. The Hall–Kier alpha value is -0.760. The summed E-state index contributed by atoms with van der Waals surface area (Å²) in [5.74, 6) is -5.03. The van der Waals surface area contributed by atoms with Gasteiger partial charge in [-0.3, -0.25) is 0 Å². The largest absolute Gasteiger partial charge is 0.466 e. The van der Waals surface area contributed by atoms with Gasteiger partial charge in [-0.1, -0.05) is 19.2 Å². The summed E-state index contributed by atoms with van der Waals surface area (Å²) in [6.07, 6.45) is -1.21. The number of rotatable bonds is 7. The fraction of sp³-hybridized carbons (Fsp3) is 0.667. The summed E-state index contributed by atoms with van der Waals surface area (Å²) in [4.78, 5) is 10.8. The van der Waals surface area contributed by atoms with Gasteiger partial charge in [0, 0.05) is 6.42 Å². The minimum Gasteiger partial charge on any atom is -0.466 e. The molecule has 8 heteroatoms. The molecule has 0 fully saturated rings. The van der Waals surface area contributed by atoms with Crippen LogP contribution in [0.25, 0.3) is 0 Å². The van der Waals surface area contributed by atoms with Gasteiger partial charge in [0.25, 0.3) is 0 Å². The van der Waals surface area contributed by atoms with E-state index in [2.05, 4.69) is 28.7 Å². The van der Waals surface area contributed by atoms with Crippen LogP contribution in [0.15, 0.2) is 12.2 Å². The highest BCUT2D eigenvalue weighted by Gasteiger charge is 2.52. The van der Waals surface area contributed by atoms with E-state index in [9.17, 15) is 22.4 Å². The van der Waals surface area contributed by atoms with Crippen LogP contribution in [0.5, 0.6) is 0 Å². The van der Waals surface area contributed by atoms with E-state index in [0.717, 1.165) is 7.11 Å². The lowest BCUT2D eigenvalue weighted by molar-refractivity contribution is -0.161. The van der Waals surface area contributed by atoms with E-state index in [1.807, 2.05) is 0 Å². The predicted molar refractivity (Wildman–Crippen MR) is 55.5 cm³/mol. The van der Waals surface area contributed by atoms with E-state index in [1.165, 1.54) is 0 Å². The molecule has 17 heavy (non-hydrogen) atoms. The van der Waals surface area contributed by atoms with E-state index < -0.39 is 30.2 Å². The Morgan fingerprint density at radius 3 is 2.29 bits per heavy atom. The Kier molecular flexibility index (Phi) is 5.97. The maximum atomic E-state index is 12.7. The van der Waals surface area contributed by atoms with Crippen LogP contribution in [0.1, 0.15) is 6.42 Å². The summed E-state index contributed by atoms with van der Waals surface area (Å²) >= 11 is 2.50. The van der Waals surface area contributed by atoms with Crippen LogP contribution in [-0.2, 0) is 14.3 Å². The average Bonchev–Trinajstić information content (AvgIpc) is 2.21. The minimum absolute atomic E-state index is 0.0894. The van der Waals surface area contributed by atoms with Gasteiger partial charge < -0.3 is 9.47 Å². The maximum absolute atomic E-state index is 12.7. The summed E-state index contributed by atoms with van der Waals surface area (Å²) in [6, 6.07) is 0. The van der Waals surface area contributed by atoms with Gasteiger partial charge in [0.15, 0.2) is 0 Å². The third-order valence-electron chi connectivity index (χ3n) is 1.75. The van der Waals surface area contributed by atoms with Gasteiger partial charge >= 0.3 is 17.1 Å².